The Morgan fingerprint density at radius 2 is 0.336 bits per heavy atom. The number of hydrogen-bond donors (Lipinski definition) is 8. The molecule has 0 unspecified atom stereocenters. The fourth-order valence-corrected chi connectivity index (χ4v) is 21.8. The quantitative estimate of drug-likeness (QED) is 0.0241. The van der Waals surface area contributed by atoms with Crippen LogP contribution in [-0.4, -0.2) is 0 Å². The van der Waals surface area contributed by atoms with Crippen LogP contribution in [0.2, 0.25) is 0 Å². The van der Waals surface area contributed by atoms with Crippen LogP contribution in [0.1, 0.15) is 170 Å². The van der Waals surface area contributed by atoms with E-state index in [1.807, 2.05) is 42.5 Å². The average molecular weight is 1900 g/mol. The summed E-state index contributed by atoms with van der Waals surface area (Å²) in [6, 6.07) is 164. The molecule has 0 atom stereocenters. The summed E-state index contributed by atoms with van der Waals surface area (Å²) in [6.07, 6.45) is 1.75. The van der Waals surface area contributed by atoms with Crippen LogP contribution >= 0.6 is 0 Å². The Morgan fingerprint density at radius 3 is 0.582 bits per heavy atom. The van der Waals surface area contributed by atoms with Crippen molar-refractivity contribution in [1.82, 2.24) is 0 Å². The van der Waals surface area contributed by atoms with Gasteiger partial charge in [-0.3, -0.25) is 0 Å². The van der Waals surface area contributed by atoms with E-state index in [0.29, 0.717) is 0 Å². The number of benzene rings is 20. The lowest BCUT2D eigenvalue weighted by Gasteiger charge is -2.38. The molecule has 0 bridgehead atoms. The maximum absolute atomic E-state index is 6.76. The first-order valence-electron chi connectivity index (χ1n) is 50.6. The highest BCUT2D eigenvalue weighted by atomic mass is 14.6. The minimum absolute atomic E-state index is 0.534. The first-order valence-corrected chi connectivity index (χ1v) is 50.6. The van der Waals surface area contributed by atoms with Gasteiger partial charge in [-0.05, 0) is 296 Å². The molecule has 0 saturated heterocycles. The number of nitrogen functional groups attached to an aromatic ring is 8. The van der Waals surface area contributed by atoms with E-state index in [-0.39, 0.29) is 0 Å². The molecule has 0 aromatic heterocycles. The van der Waals surface area contributed by atoms with Crippen LogP contribution in [0.25, 0.3) is 44.5 Å². The van der Waals surface area contributed by atoms with Crippen molar-refractivity contribution in [3.8, 4) is 44.5 Å². The molecule has 8 heteroatoms. The van der Waals surface area contributed by atoms with Crippen molar-refractivity contribution in [1.29, 1.82) is 0 Å². The minimum atomic E-state index is -0.678. The van der Waals surface area contributed by atoms with Gasteiger partial charge in [0.05, 0.1) is 21.7 Å². The van der Waals surface area contributed by atoms with Gasteiger partial charge in [0.15, 0.2) is 0 Å². The van der Waals surface area contributed by atoms with Gasteiger partial charge in [0.2, 0.25) is 0 Å². The molecule has 0 spiro atoms. The Labute approximate surface area is 864 Å². The Balaban J connectivity index is 0.000000133. The molecular formula is C138H132N8. The van der Waals surface area contributed by atoms with Crippen LogP contribution in [0.3, 0.4) is 0 Å². The molecule has 20 aromatic carbocycles. The summed E-state index contributed by atoms with van der Waals surface area (Å²) in [5.41, 5.74) is 97.9. The van der Waals surface area contributed by atoms with Gasteiger partial charge >= 0.3 is 0 Å². The van der Waals surface area contributed by atoms with Crippen molar-refractivity contribution >= 4 is 45.5 Å². The molecule has 20 aromatic rings. The number of hydrogen-bond acceptors (Lipinski definition) is 8. The van der Waals surface area contributed by atoms with Gasteiger partial charge in [-0.2, -0.15) is 0 Å². The van der Waals surface area contributed by atoms with E-state index in [2.05, 4.69) is 502 Å². The maximum atomic E-state index is 6.76. The van der Waals surface area contributed by atoms with E-state index >= 15 is 0 Å². The Hall–Kier alpha value is -17.2. The van der Waals surface area contributed by atoms with Crippen molar-refractivity contribution in [3.63, 3.8) is 0 Å². The van der Waals surface area contributed by atoms with Crippen LogP contribution in [0.15, 0.2) is 461 Å². The summed E-state index contributed by atoms with van der Waals surface area (Å²) in [5, 5.41) is 0. The van der Waals surface area contributed by atoms with E-state index in [1.54, 1.807) is 0 Å². The molecule has 16 N–H and O–H groups in total. The average Bonchev–Trinajstić information content (AvgIpc) is 0.722. The topological polar surface area (TPSA) is 208 Å². The molecule has 20 rings (SSSR count). The Morgan fingerprint density at radius 1 is 0.151 bits per heavy atom. The fraction of sp³-hybridized carbons (Fsp3) is 0.130. The van der Waals surface area contributed by atoms with Crippen molar-refractivity contribution in [2.75, 3.05) is 45.9 Å². The van der Waals surface area contributed by atoms with Crippen molar-refractivity contribution < 1.29 is 0 Å². The smallest absolute Gasteiger partial charge is 0.0741 e. The minimum Gasteiger partial charge on any atom is -0.399 e. The van der Waals surface area contributed by atoms with Gasteiger partial charge in [0.25, 0.3) is 0 Å². The second-order valence-electron chi connectivity index (χ2n) is 39.0. The van der Waals surface area contributed by atoms with Gasteiger partial charge < -0.3 is 45.9 Å². The van der Waals surface area contributed by atoms with E-state index in [0.717, 1.165) is 136 Å². The van der Waals surface area contributed by atoms with E-state index in [9.17, 15) is 0 Å². The molecule has 0 aliphatic rings. The molecule has 0 amide bonds. The van der Waals surface area contributed by atoms with Gasteiger partial charge in [0.1, 0.15) is 0 Å². The fourth-order valence-electron chi connectivity index (χ4n) is 21.8. The van der Waals surface area contributed by atoms with E-state index < -0.39 is 21.7 Å². The molecule has 0 aliphatic heterocycles. The molecule has 146 heavy (non-hydrogen) atoms. The van der Waals surface area contributed by atoms with Crippen molar-refractivity contribution in [3.05, 3.63) is 617 Å². The highest BCUT2D eigenvalue weighted by Crippen LogP contribution is 2.54. The lowest BCUT2D eigenvalue weighted by molar-refractivity contribution is 0.739. The molecular weight excluding hydrogens is 1770 g/mol. The maximum Gasteiger partial charge on any atom is 0.0741 e. The zero-order valence-electron chi connectivity index (χ0n) is 85.9. The lowest BCUT2D eigenvalue weighted by atomic mass is 9.63. The zero-order chi connectivity index (χ0) is 103. The van der Waals surface area contributed by atoms with Crippen LogP contribution in [0, 0.1) is 69.2 Å². The summed E-state index contributed by atoms with van der Waals surface area (Å²) in [7, 11) is 0. The predicted octanol–water partition coefficient (Wildman–Crippen LogP) is 31.8. The molecule has 0 fully saturated rings. The summed E-state index contributed by atoms with van der Waals surface area (Å²) < 4.78 is 0. The highest BCUT2D eigenvalue weighted by Gasteiger charge is 2.45. The number of aryl methyl sites for hydroxylation is 12. The second kappa shape index (κ2) is 43.7. The van der Waals surface area contributed by atoms with Crippen LogP contribution in [-0.2, 0) is 34.5 Å². The SMILES string of the molecule is CCc1cc(C(c2ccccc2)(c2ccc(-c3ccccc3)cc2)c2cc(C)c(N)c(CC)c2)cc(C)c1N.Cc1cc(C(c2ccccc2)(c2ccc(-c3ccccc3)cc2)c2cc(C)c(N)c(C)c2)cc(C)c1N.Cc1cc(C(c2ccccc2)(c2ccc(-c3ccccc3)cc2)c2ccc(N)c(C)c2)ccc1N.Cc1ccc(N)c(C(c2ccccc2)(c2ccc(-c3ccccc3)cc2)c2cc(C)ccc2N)c1. The Bertz CT molecular complexity index is 7660. The van der Waals surface area contributed by atoms with Crippen molar-refractivity contribution in [2.24, 2.45) is 0 Å². The third-order valence-electron chi connectivity index (χ3n) is 29.8. The van der Waals surface area contributed by atoms with Gasteiger partial charge in [-0.1, -0.05) is 462 Å². The van der Waals surface area contributed by atoms with Crippen LogP contribution in [0.4, 0.5) is 45.5 Å². The largest absolute Gasteiger partial charge is 0.399 e. The predicted molar refractivity (Wildman–Crippen MR) is 622 cm³/mol. The van der Waals surface area contributed by atoms with Gasteiger partial charge in [0, 0.05) is 45.5 Å². The third kappa shape index (κ3) is 19.7. The second-order valence-corrected chi connectivity index (χ2v) is 39.0. The normalized spacial score (nSPS) is 11.4. The Kier molecular flexibility index (Phi) is 30.0. The van der Waals surface area contributed by atoms with Crippen LogP contribution in [0.5, 0.6) is 0 Å². The van der Waals surface area contributed by atoms with Crippen molar-refractivity contribution in [2.45, 2.75) is 118 Å². The summed E-state index contributed by atoms with van der Waals surface area (Å²) >= 11 is 0. The van der Waals surface area contributed by atoms with Gasteiger partial charge in [-0.25, -0.2) is 0 Å². The van der Waals surface area contributed by atoms with E-state index in [1.165, 1.54) is 122 Å². The van der Waals surface area contributed by atoms with Gasteiger partial charge in [-0.15, -0.1) is 0 Å². The van der Waals surface area contributed by atoms with Crippen LogP contribution < -0.4 is 45.9 Å². The number of anilines is 8. The summed E-state index contributed by atoms with van der Waals surface area (Å²) in [4.78, 5) is 0. The first kappa shape index (κ1) is 100. The molecule has 0 radical (unpaired) electrons. The van der Waals surface area contributed by atoms with E-state index in [4.69, 9.17) is 45.9 Å². The molecule has 0 saturated carbocycles. The third-order valence-corrected chi connectivity index (χ3v) is 29.8. The molecule has 0 aliphatic carbocycles. The molecule has 8 nitrogen and oxygen atoms in total. The zero-order valence-corrected chi connectivity index (χ0v) is 85.9. The standard InChI is InChI=1S/C37H38N2.C35H34N2.2C33H30N2/c1-5-27-23-33(21-25(3)35(27)38)37(31-15-11-8-12-16-31,34-22-26(4)36(39)28(6-2)24-34)32-19-17-30(18-20-32)29-13-9-7-10-14-29;1-23-19-31(20-24(2)33(23)36)35(29-13-9-6-10-14-29,32-21-25(3)34(37)26(4)22-32)30-17-15-28(16-18-30)27-11-7-5-8-12-27;1-23-13-19-31(34)29(21-23)33(27-11-7-4-8-12-27,30-22-24(2)14-20-32(30)35)28-17-15-26(16-18-28)25-9-5-3-6-10-25;1-23-21-29(17-19-31(23)34)33(27-11-7-4-8-12-27,30-18-20-32(35)24(2)22-30)28-15-13-26(14-16-28)25-9-5-3-6-10-25/h7-24H,5-6,38-39H2,1-4H3;5-22H,36-37H2,1-4H3;2*3-22H,34-35H2,1-2H3. The summed E-state index contributed by atoms with van der Waals surface area (Å²) in [5.74, 6) is 0. The molecule has 724 valence electrons. The highest BCUT2D eigenvalue weighted by molar-refractivity contribution is 5.79. The first-order chi connectivity index (χ1) is 70.7. The summed E-state index contributed by atoms with van der Waals surface area (Å²) in [6.45, 7) is 25.3. The number of nitrogens with two attached hydrogens (primary N) is 8. The monoisotopic (exact) mass is 1900 g/mol. The molecule has 0 heterocycles. The number of rotatable bonds is 22. The lowest BCUT2D eigenvalue weighted by Crippen LogP contribution is -2.33.